The van der Waals surface area contributed by atoms with E-state index in [0.29, 0.717) is 0 Å². The van der Waals surface area contributed by atoms with Crippen LogP contribution in [0.1, 0.15) is 97.9 Å². The first kappa shape index (κ1) is 31.1. The third kappa shape index (κ3) is 7.25. The molecule has 0 aliphatic heterocycles. The van der Waals surface area contributed by atoms with Crippen LogP contribution >= 0.6 is 0 Å². The summed E-state index contributed by atoms with van der Waals surface area (Å²) in [5, 5.41) is 22.7. The molecule has 0 saturated heterocycles. The van der Waals surface area contributed by atoms with Crippen LogP contribution in [0.15, 0.2) is 121 Å². The molecule has 0 bridgehead atoms. The van der Waals surface area contributed by atoms with Crippen molar-refractivity contribution in [3.63, 3.8) is 0 Å². The van der Waals surface area contributed by atoms with Crippen LogP contribution in [-0.2, 0) is 23.7 Å². The summed E-state index contributed by atoms with van der Waals surface area (Å²) in [6.45, 7) is 13.4. The van der Waals surface area contributed by atoms with Crippen molar-refractivity contribution >= 4 is 0 Å². The molecule has 0 aliphatic carbocycles. The summed E-state index contributed by atoms with van der Waals surface area (Å²) in [6.07, 6.45) is 1.47. The zero-order valence-electron chi connectivity index (χ0n) is 27.0. The van der Waals surface area contributed by atoms with E-state index in [1.165, 1.54) is 22.3 Å². The molecule has 0 saturated carbocycles. The molecule has 0 aliphatic rings. The SMILES string of the molecule is CC(C)(C)c1ccc(CC(c2ccccc2)c2cc(C(Cc3ccc(C(C)(C)C)cc3)c3ccccc3)c(O)cc2O)cc1. The Kier molecular flexibility index (Phi) is 9.02. The minimum atomic E-state index is -0.0847. The Morgan fingerprint density at radius 1 is 0.455 bits per heavy atom. The predicted octanol–water partition coefficient (Wildman–Crippen LogP) is 10.4. The number of aromatic hydroxyl groups is 2. The van der Waals surface area contributed by atoms with Crippen LogP contribution in [-0.4, -0.2) is 10.2 Å². The van der Waals surface area contributed by atoms with E-state index in [2.05, 4.69) is 139 Å². The molecule has 2 atom stereocenters. The first-order chi connectivity index (χ1) is 20.9. The highest BCUT2D eigenvalue weighted by molar-refractivity contribution is 5.54. The zero-order valence-corrected chi connectivity index (χ0v) is 27.0. The van der Waals surface area contributed by atoms with Crippen LogP contribution in [0.5, 0.6) is 11.5 Å². The standard InChI is InChI=1S/C42H46O2/c1-41(2,3)33-21-17-29(18-22-33)25-35(31-13-9-7-10-14-31)37-27-38(40(44)28-39(37)43)36(32-15-11-8-12-16-32)26-30-19-23-34(24-20-30)42(4,5)6/h7-24,27-28,35-36,43-44H,25-26H2,1-6H3. The molecular weight excluding hydrogens is 536 g/mol. The van der Waals surface area contributed by atoms with Gasteiger partial charge in [0.15, 0.2) is 0 Å². The number of hydrogen-bond donors (Lipinski definition) is 2. The highest BCUT2D eigenvalue weighted by atomic mass is 16.3. The molecule has 2 N–H and O–H groups in total. The highest BCUT2D eigenvalue weighted by Gasteiger charge is 2.26. The van der Waals surface area contributed by atoms with E-state index in [0.717, 1.165) is 35.1 Å². The van der Waals surface area contributed by atoms with Crippen LogP contribution in [0.4, 0.5) is 0 Å². The topological polar surface area (TPSA) is 40.5 Å². The fraction of sp³-hybridized carbons (Fsp3) is 0.286. The van der Waals surface area contributed by atoms with Gasteiger partial charge < -0.3 is 10.2 Å². The van der Waals surface area contributed by atoms with Crippen LogP contribution in [0.25, 0.3) is 0 Å². The molecule has 5 aromatic rings. The molecule has 0 spiro atoms. The second kappa shape index (κ2) is 12.7. The molecule has 0 fully saturated rings. The van der Waals surface area contributed by atoms with Gasteiger partial charge in [-0.3, -0.25) is 0 Å². The fourth-order valence-electron chi connectivity index (χ4n) is 6.11. The quantitative estimate of drug-likeness (QED) is 0.191. The van der Waals surface area contributed by atoms with E-state index in [1.54, 1.807) is 6.07 Å². The van der Waals surface area contributed by atoms with Gasteiger partial charge >= 0.3 is 0 Å². The summed E-state index contributed by atoms with van der Waals surface area (Å²) in [4.78, 5) is 0. The molecule has 5 rings (SSSR count). The first-order valence-corrected chi connectivity index (χ1v) is 15.7. The predicted molar refractivity (Wildman–Crippen MR) is 184 cm³/mol. The third-order valence-electron chi connectivity index (χ3n) is 8.85. The van der Waals surface area contributed by atoms with E-state index < -0.39 is 0 Å². The lowest BCUT2D eigenvalue weighted by atomic mass is 9.79. The van der Waals surface area contributed by atoms with Crippen molar-refractivity contribution in [3.8, 4) is 11.5 Å². The maximum atomic E-state index is 11.4. The monoisotopic (exact) mass is 582 g/mol. The van der Waals surface area contributed by atoms with Gasteiger partial charge in [-0.15, -0.1) is 0 Å². The summed E-state index contributed by atoms with van der Waals surface area (Å²) in [5.41, 5.74) is 9.10. The summed E-state index contributed by atoms with van der Waals surface area (Å²) in [5.74, 6) is 0.0672. The van der Waals surface area contributed by atoms with E-state index >= 15 is 0 Å². The van der Waals surface area contributed by atoms with Crippen molar-refractivity contribution in [3.05, 3.63) is 166 Å². The molecule has 2 nitrogen and oxygen atoms in total. The van der Waals surface area contributed by atoms with Crippen molar-refractivity contribution in [2.75, 3.05) is 0 Å². The molecule has 226 valence electrons. The Morgan fingerprint density at radius 3 is 1.11 bits per heavy atom. The summed E-state index contributed by atoms with van der Waals surface area (Å²) < 4.78 is 0. The van der Waals surface area contributed by atoms with Crippen molar-refractivity contribution in [1.82, 2.24) is 0 Å². The fourth-order valence-corrected chi connectivity index (χ4v) is 6.11. The number of benzene rings is 5. The van der Waals surface area contributed by atoms with E-state index in [9.17, 15) is 10.2 Å². The summed E-state index contributed by atoms with van der Waals surface area (Å²) >= 11 is 0. The lowest BCUT2D eigenvalue weighted by Gasteiger charge is -2.25. The molecule has 0 amide bonds. The largest absolute Gasteiger partial charge is 0.508 e. The van der Waals surface area contributed by atoms with Gasteiger partial charge in [-0.25, -0.2) is 0 Å². The Labute approximate surface area is 264 Å². The molecule has 0 aromatic heterocycles. The van der Waals surface area contributed by atoms with Crippen LogP contribution < -0.4 is 0 Å². The Bertz CT molecular complexity index is 1530. The van der Waals surface area contributed by atoms with E-state index in [1.807, 2.05) is 18.2 Å². The smallest absolute Gasteiger partial charge is 0.123 e. The highest BCUT2D eigenvalue weighted by Crippen LogP contribution is 2.42. The van der Waals surface area contributed by atoms with Gasteiger partial charge in [0.2, 0.25) is 0 Å². The van der Waals surface area contributed by atoms with Crippen molar-refractivity contribution < 1.29 is 10.2 Å². The summed E-state index contributed by atoms with van der Waals surface area (Å²) in [7, 11) is 0. The van der Waals surface area contributed by atoms with Crippen molar-refractivity contribution in [2.24, 2.45) is 0 Å². The summed E-state index contributed by atoms with van der Waals surface area (Å²) in [6, 6.07) is 42.1. The molecular formula is C42H46O2. The second-order valence-electron chi connectivity index (χ2n) is 14.2. The first-order valence-electron chi connectivity index (χ1n) is 15.7. The van der Waals surface area contributed by atoms with Gasteiger partial charge in [0.1, 0.15) is 11.5 Å². The molecule has 5 aromatic carbocycles. The van der Waals surface area contributed by atoms with Crippen LogP contribution in [0.3, 0.4) is 0 Å². The Hall–Kier alpha value is -4.30. The number of phenols is 2. The van der Waals surface area contributed by atoms with Crippen molar-refractivity contribution in [1.29, 1.82) is 0 Å². The molecule has 0 heterocycles. The maximum Gasteiger partial charge on any atom is 0.123 e. The van der Waals surface area contributed by atoms with Crippen LogP contribution in [0.2, 0.25) is 0 Å². The van der Waals surface area contributed by atoms with Crippen molar-refractivity contribution in [2.45, 2.75) is 77.0 Å². The average molecular weight is 583 g/mol. The van der Waals surface area contributed by atoms with Gasteiger partial charge in [-0.05, 0) is 63.1 Å². The number of phenolic OH excluding ortho intramolecular Hbond substituents is 2. The zero-order chi connectivity index (χ0) is 31.5. The minimum Gasteiger partial charge on any atom is -0.508 e. The number of hydrogen-bond acceptors (Lipinski definition) is 2. The van der Waals surface area contributed by atoms with Gasteiger partial charge in [0.05, 0.1) is 0 Å². The Morgan fingerprint density at radius 2 is 0.795 bits per heavy atom. The molecule has 44 heavy (non-hydrogen) atoms. The second-order valence-corrected chi connectivity index (χ2v) is 14.2. The van der Waals surface area contributed by atoms with E-state index in [-0.39, 0.29) is 34.2 Å². The van der Waals surface area contributed by atoms with Crippen LogP contribution in [0, 0.1) is 0 Å². The van der Waals surface area contributed by atoms with Gasteiger partial charge in [-0.2, -0.15) is 0 Å². The maximum absolute atomic E-state index is 11.4. The average Bonchev–Trinajstić information content (AvgIpc) is 3.00. The molecule has 0 radical (unpaired) electrons. The Balaban J connectivity index is 1.58. The lowest BCUT2D eigenvalue weighted by molar-refractivity contribution is 0.437. The van der Waals surface area contributed by atoms with E-state index in [4.69, 9.17) is 0 Å². The third-order valence-corrected chi connectivity index (χ3v) is 8.85. The van der Waals surface area contributed by atoms with Gasteiger partial charge in [-0.1, -0.05) is 151 Å². The normalized spacial score (nSPS) is 13.4. The molecule has 2 unspecified atom stereocenters. The lowest BCUT2D eigenvalue weighted by Crippen LogP contribution is -2.12. The van der Waals surface area contributed by atoms with Gasteiger partial charge in [0, 0.05) is 29.0 Å². The number of rotatable bonds is 8. The van der Waals surface area contributed by atoms with Gasteiger partial charge in [0.25, 0.3) is 0 Å². The minimum absolute atomic E-state index is 0.0843. The molecule has 2 heteroatoms.